The number of methoxy groups -OCH3 is 1. The number of nitrogens with zero attached hydrogens (tertiary/aromatic N) is 4. The molecule has 2 aromatic rings. The van der Waals surface area contributed by atoms with Crippen LogP contribution in [0.1, 0.15) is 24.5 Å². The van der Waals surface area contributed by atoms with Crippen molar-refractivity contribution in [2.24, 2.45) is 4.99 Å². The Labute approximate surface area is 223 Å². The van der Waals surface area contributed by atoms with Crippen molar-refractivity contribution in [3.05, 3.63) is 64.7 Å². The van der Waals surface area contributed by atoms with E-state index in [1.807, 2.05) is 35.2 Å². The predicted octanol–water partition coefficient (Wildman–Crippen LogP) is 2.40. The van der Waals surface area contributed by atoms with Gasteiger partial charge in [0.25, 0.3) is 0 Å². The summed E-state index contributed by atoms with van der Waals surface area (Å²) in [4.78, 5) is 24.1. The van der Waals surface area contributed by atoms with Crippen molar-refractivity contribution in [3.63, 3.8) is 0 Å². The van der Waals surface area contributed by atoms with Crippen molar-refractivity contribution in [2.45, 2.75) is 25.6 Å². The fourth-order valence-corrected chi connectivity index (χ4v) is 8.63. The molecule has 2 unspecified atom stereocenters. The molecule has 3 aliphatic heterocycles. The van der Waals surface area contributed by atoms with Crippen molar-refractivity contribution in [1.29, 1.82) is 5.41 Å². The number of carbonyl (C=O) groups excluding carboxylic acids is 1. The monoisotopic (exact) mass is 684 g/mol. The van der Waals surface area contributed by atoms with Crippen LogP contribution >= 0.6 is 11.6 Å². The summed E-state index contributed by atoms with van der Waals surface area (Å²) >= 11 is 5.52. The van der Waals surface area contributed by atoms with Crippen molar-refractivity contribution >= 4 is 43.3 Å². The van der Waals surface area contributed by atoms with Crippen LogP contribution in [-0.4, -0.2) is 81.8 Å². The Morgan fingerprint density at radius 1 is 1.25 bits per heavy atom. The number of nitrogens with one attached hydrogen (secondary N) is 2. The van der Waals surface area contributed by atoms with Gasteiger partial charge in [-0.3, -0.25) is 0 Å². The second-order valence-corrected chi connectivity index (χ2v) is 12.5. The molecule has 0 spiro atoms. The van der Waals surface area contributed by atoms with Gasteiger partial charge in [0.2, 0.25) is 0 Å². The number of hydrogen-bond donors (Lipinski definition) is 2. The van der Waals surface area contributed by atoms with E-state index in [0.29, 0.717) is 17.4 Å². The average Bonchev–Trinajstić information content (AvgIpc) is 3.26. The number of halogens is 1. The zero-order valence-electron chi connectivity index (χ0n) is 20.4. The predicted molar refractivity (Wildman–Crippen MR) is 141 cm³/mol. The fraction of sp³-hybridized carbons (Fsp3) is 0.346. The number of likely N-dealkylation sites (N-methyl/N-ethyl adjacent to an activating group) is 1. The molecule has 0 saturated carbocycles. The standard InChI is InChI=1S/C26H29ClN6O2.Os/c1-18(28)32-11-12-33(21(15-32)14-25(34)35-3)17-29-24-16-31(2)23-10-9-20(27)13-22(23)26(30-24)19-7-5-4-6-8-19;/h4-10,13,21,24,28-29H,11-12,14-15H2,1-3H3;. The van der Waals surface area contributed by atoms with Crippen molar-refractivity contribution in [2.75, 3.05) is 38.7 Å². The Morgan fingerprint density at radius 2 is 2.03 bits per heavy atom. The Kier molecular flexibility index (Phi) is 7.27. The van der Waals surface area contributed by atoms with Crippen molar-refractivity contribution < 1.29 is 26.0 Å². The van der Waals surface area contributed by atoms with Gasteiger partial charge in [0.1, 0.15) is 0 Å². The SMILES string of the molecule is COC(=O)CC1CN(C(C)=N)CCN1[C]1=[Os]=[C]2C(N=C(c3ccccc3)c3cc(Cl)ccc3N2C)N1. The molecule has 0 bridgehead atoms. The molecule has 36 heavy (non-hydrogen) atoms. The van der Waals surface area contributed by atoms with Crippen LogP contribution in [0.15, 0.2) is 53.5 Å². The molecule has 2 N–H and O–H groups in total. The van der Waals surface area contributed by atoms with Gasteiger partial charge in [-0.25, -0.2) is 0 Å². The van der Waals surface area contributed by atoms with Gasteiger partial charge < -0.3 is 0 Å². The van der Waals surface area contributed by atoms with E-state index in [2.05, 4.69) is 40.4 Å². The summed E-state index contributed by atoms with van der Waals surface area (Å²) in [5.74, 6) is 0.293. The zero-order chi connectivity index (χ0) is 25.4. The van der Waals surface area contributed by atoms with E-state index in [9.17, 15) is 4.79 Å². The van der Waals surface area contributed by atoms with Gasteiger partial charge in [0, 0.05) is 0 Å². The van der Waals surface area contributed by atoms with Crippen LogP contribution < -0.4 is 10.2 Å². The summed E-state index contributed by atoms with van der Waals surface area (Å²) in [6, 6.07) is 16.2. The molecule has 0 amide bonds. The Balaban J connectivity index is 1.55. The number of amidine groups is 1. The van der Waals surface area contributed by atoms with Crippen LogP contribution in [0.25, 0.3) is 0 Å². The molecule has 1 saturated heterocycles. The Bertz CT molecular complexity index is 1310. The zero-order valence-corrected chi connectivity index (χ0v) is 23.7. The van der Waals surface area contributed by atoms with Gasteiger partial charge >= 0.3 is 224 Å². The third-order valence-corrected chi connectivity index (χ3v) is 10.8. The van der Waals surface area contributed by atoms with Gasteiger partial charge in [-0.15, -0.1) is 0 Å². The molecular formula is C26H29ClN6O2Os. The number of rotatable bonds is 4. The third kappa shape index (κ3) is 4.86. The van der Waals surface area contributed by atoms with E-state index in [0.717, 1.165) is 35.6 Å². The van der Waals surface area contributed by atoms with E-state index in [1.54, 1.807) is 6.92 Å². The second-order valence-electron chi connectivity index (χ2n) is 8.95. The number of ether oxygens (including phenoxy) is 1. The molecule has 10 heteroatoms. The van der Waals surface area contributed by atoms with Crippen molar-refractivity contribution in [3.8, 4) is 0 Å². The first-order chi connectivity index (χ1) is 17.4. The first kappa shape index (κ1) is 25.1. The normalized spacial score (nSPS) is 22.1. The maximum absolute atomic E-state index is 12.2. The molecule has 2 atom stereocenters. The topological polar surface area (TPSA) is 84.3 Å². The summed E-state index contributed by atoms with van der Waals surface area (Å²) in [6.45, 7) is 3.92. The van der Waals surface area contributed by atoms with Crippen LogP contribution in [-0.2, 0) is 26.0 Å². The molecule has 3 heterocycles. The average molecular weight is 683 g/mol. The summed E-state index contributed by atoms with van der Waals surface area (Å²) in [6.07, 6.45) is 0.106. The van der Waals surface area contributed by atoms with Crippen LogP contribution in [0.2, 0.25) is 5.02 Å². The number of hydrogen-bond acceptors (Lipinski definition) is 7. The molecule has 3 aliphatic rings. The first-order valence-corrected chi connectivity index (χ1v) is 14.7. The fourth-order valence-electron chi connectivity index (χ4n) is 4.78. The number of aliphatic imine (C=N–C) groups is 1. The molecule has 1 fully saturated rings. The van der Waals surface area contributed by atoms with Crippen molar-refractivity contribution in [1.82, 2.24) is 15.1 Å². The van der Waals surface area contributed by atoms with E-state index in [1.165, 1.54) is 15.6 Å². The second kappa shape index (κ2) is 10.4. The molecular weight excluding hydrogens is 654 g/mol. The maximum atomic E-state index is 12.2. The first-order valence-electron chi connectivity index (χ1n) is 11.8. The number of anilines is 1. The molecule has 0 aliphatic carbocycles. The minimum atomic E-state index is -0.901. The third-order valence-electron chi connectivity index (χ3n) is 6.67. The van der Waals surface area contributed by atoms with Gasteiger partial charge in [-0.05, 0) is 0 Å². The molecule has 8 nitrogen and oxygen atoms in total. The van der Waals surface area contributed by atoms with Crippen LogP contribution in [0, 0.1) is 5.41 Å². The number of fused-ring (bicyclic) bond motifs is 2. The number of esters is 1. The molecule has 5 rings (SSSR count). The summed E-state index contributed by atoms with van der Waals surface area (Å²) in [5.41, 5.74) is 4.07. The van der Waals surface area contributed by atoms with E-state index in [-0.39, 0.29) is 24.6 Å². The quantitative estimate of drug-likeness (QED) is 0.293. The molecule has 190 valence electrons. The van der Waals surface area contributed by atoms with Gasteiger partial charge in [-0.1, -0.05) is 0 Å². The van der Waals surface area contributed by atoms with E-state index >= 15 is 0 Å². The Morgan fingerprint density at radius 3 is 2.75 bits per heavy atom. The molecule has 0 radical (unpaired) electrons. The van der Waals surface area contributed by atoms with Crippen LogP contribution in [0.5, 0.6) is 0 Å². The number of carbonyl (C=O) groups is 1. The summed E-state index contributed by atoms with van der Waals surface area (Å²) in [5, 5.41) is 12.5. The van der Waals surface area contributed by atoms with Gasteiger partial charge in [0.15, 0.2) is 0 Å². The summed E-state index contributed by atoms with van der Waals surface area (Å²) < 4.78 is 7.46. The Hall–Kier alpha value is -2.56. The van der Waals surface area contributed by atoms with Gasteiger partial charge in [-0.2, -0.15) is 0 Å². The number of benzene rings is 2. The van der Waals surface area contributed by atoms with Crippen LogP contribution in [0.4, 0.5) is 5.69 Å². The molecule has 0 aromatic heterocycles. The number of piperazine rings is 1. The van der Waals surface area contributed by atoms with Gasteiger partial charge in [0.05, 0.1) is 0 Å². The molecule has 2 aromatic carbocycles. The van der Waals surface area contributed by atoms with E-state index < -0.39 is 16.5 Å². The van der Waals surface area contributed by atoms with E-state index in [4.69, 9.17) is 26.7 Å². The minimum absolute atomic E-state index is 0.0570. The summed E-state index contributed by atoms with van der Waals surface area (Å²) in [7, 11) is 3.54. The van der Waals surface area contributed by atoms with Crippen LogP contribution in [0.3, 0.4) is 0 Å².